The van der Waals surface area contributed by atoms with Crippen LogP contribution in [0.1, 0.15) is 18.9 Å². The van der Waals surface area contributed by atoms with E-state index in [0.29, 0.717) is 17.6 Å². The minimum atomic E-state index is -3.39. The first-order valence-corrected chi connectivity index (χ1v) is 8.72. The Labute approximate surface area is 127 Å². The molecule has 21 heavy (non-hydrogen) atoms. The van der Waals surface area contributed by atoms with Gasteiger partial charge in [0.1, 0.15) is 0 Å². The zero-order valence-electron chi connectivity index (χ0n) is 11.1. The van der Waals surface area contributed by atoms with E-state index in [4.69, 9.17) is 11.6 Å². The standard InChI is InChI=1S/C12H14ClN5O2S/c13-7-8-21(19,20)15-10-3-1-9(2-4-10)12-14-16-17-18(12)11-5-6-11/h1-4,11,15H,5-8H2. The van der Waals surface area contributed by atoms with E-state index in [1.165, 1.54) is 0 Å². The average molecular weight is 328 g/mol. The molecule has 7 nitrogen and oxygen atoms in total. The molecule has 0 radical (unpaired) electrons. The van der Waals surface area contributed by atoms with Crippen molar-refractivity contribution < 1.29 is 8.42 Å². The summed E-state index contributed by atoms with van der Waals surface area (Å²) in [6.07, 6.45) is 2.18. The lowest BCUT2D eigenvalue weighted by Gasteiger charge is -2.07. The van der Waals surface area contributed by atoms with Crippen LogP contribution >= 0.6 is 11.6 Å². The van der Waals surface area contributed by atoms with E-state index in [0.717, 1.165) is 18.4 Å². The number of nitrogens with one attached hydrogen (secondary N) is 1. The molecule has 1 N–H and O–H groups in total. The largest absolute Gasteiger partial charge is 0.284 e. The Balaban J connectivity index is 1.79. The predicted octanol–water partition coefficient (Wildman–Crippen LogP) is 1.66. The van der Waals surface area contributed by atoms with Crippen LogP contribution in [0.5, 0.6) is 0 Å². The number of sulfonamides is 1. The van der Waals surface area contributed by atoms with Gasteiger partial charge < -0.3 is 0 Å². The van der Waals surface area contributed by atoms with E-state index in [-0.39, 0.29) is 11.6 Å². The molecule has 0 amide bonds. The van der Waals surface area contributed by atoms with Crippen LogP contribution in [0.3, 0.4) is 0 Å². The summed E-state index contributed by atoms with van der Waals surface area (Å²) < 4.78 is 27.5. The normalized spacial score (nSPS) is 15.1. The fraction of sp³-hybridized carbons (Fsp3) is 0.417. The fourth-order valence-electron chi connectivity index (χ4n) is 1.97. The number of benzene rings is 1. The second kappa shape index (κ2) is 5.61. The number of nitrogens with zero attached hydrogens (tertiary/aromatic N) is 4. The molecule has 0 saturated heterocycles. The maximum Gasteiger partial charge on any atom is 0.233 e. The minimum absolute atomic E-state index is 0.0591. The van der Waals surface area contributed by atoms with E-state index >= 15 is 0 Å². The van der Waals surface area contributed by atoms with Crippen LogP contribution in [-0.2, 0) is 10.0 Å². The highest BCUT2D eigenvalue weighted by atomic mass is 35.5. The van der Waals surface area contributed by atoms with Gasteiger partial charge in [-0.3, -0.25) is 4.72 Å². The summed E-state index contributed by atoms with van der Waals surface area (Å²) in [5.41, 5.74) is 1.35. The number of hydrogen-bond acceptors (Lipinski definition) is 5. The summed E-state index contributed by atoms with van der Waals surface area (Å²) in [7, 11) is -3.39. The number of halogens is 1. The highest BCUT2D eigenvalue weighted by molar-refractivity contribution is 7.92. The molecule has 112 valence electrons. The van der Waals surface area contributed by atoms with Gasteiger partial charge in [-0.05, 0) is 47.5 Å². The molecule has 0 spiro atoms. The summed E-state index contributed by atoms with van der Waals surface area (Å²) in [5.74, 6) is 0.646. The summed E-state index contributed by atoms with van der Waals surface area (Å²) in [4.78, 5) is 0. The number of aromatic nitrogens is 4. The van der Waals surface area contributed by atoms with Crippen molar-refractivity contribution in [3.8, 4) is 11.4 Å². The van der Waals surface area contributed by atoms with Gasteiger partial charge in [-0.15, -0.1) is 16.7 Å². The first-order valence-electron chi connectivity index (χ1n) is 6.54. The van der Waals surface area contributed by atoms with Crippen molar-refractivity contribution in [2.45, 2.75) is 18.9 Å². The molecule has 2 aromatic rings. The second-order valence-electron chi connectivity index (χ2n) is 4.87. The first kappa shape index (κ1) is 14.3. The van der Waals surface area contributed by atoms with Gasteiger partial charge in [0.2, 0.25) is 10.0 Å². The van der Waals surface area contributed by atoms with Crippen molar-refractivity contribution in [2.75, 3.05) is 16.4 Å². The van der Waals surface area contributed by atoms with Crippen molar-refractivity contribution in [2.24, 2.45) is 0 Å². The maximum absolute atomic E-state index is 11.6. The van der Waals surface area contributed by atoms with Gasteiger partial charge in [-0.2, -0.15) is 0 Å². The molecule has 0 bridgehead atoms. The van der Waals surface area contributed by atoms with Gasteiger partial charge in [-0.25, -0.2) is 13.1 Å². The highest BCUT2D eigenvalue weighted by Gasteiger charge is 2.28. The Morgan fingerprint density at radius 1 is 1.29 bits per heavy atom. The second-order valence-corrected chi connectivity index (χ2v) is 7.09. The number of alkyl halides is 1. The van der Waals surface area contributed by atoms with Crippen LogP contribution in [-0.4, -0.2) is 40.3 Å². The van der Waals surface area contributed by atoms with Crippen LogP contribution in [0.4, 0.5) is 5.69 Å². The third kappa shape index (κ3) is 3.33. The van der Waals surface area contributed by atoms with Crippen molar-refractivity contribution in [1.82, 2.24) is 20.2 Å². The number of hydrogen-bond donors (Lipinski definition) is 1. The number of tetrazole rings is 1. The fourth-order valence-corrected chi connectivity index (χ4v) is 3.38. The topological polar surface area (TPSA) is 89.8 Å². The van der Waals surface area contributed by atoms with Gasteiger partial charge in [0.25, 0.3) is 0 Å². The van der Waals surface area contributed by atoms with Crippen LogP contribution in [0.15, 0.2) is 24.3 Å². The molecule has 9 heteroatoms. The zero-order valence-corrected chi connectivity index (χ0v) is 12.7. The third-order valence-corrected chi connectivity index (χ3v) is 4.85. The number of anilines is 1. The highest BCUT2D eigenvalue weighted by Crippen LogP contribution is 2.36. The molecule has 1 aliphatic carbocycles. The summed E-state index contributed by atoms with van der Waals surface area (Å²) in [6, 6.07) is 7.35. The molecule has 3 rings (SSSR count). The van der Waals surface area contributed by atoms with Gasteiger partial charge in [-0.1, -0.05) is 0 Å². The average Bonchev–Trinajstić information content (AvgIpc) is 3.17. The molecule has 1 saturated carbocycles. The Hall–Kier alpha value is -1.67. The SMILES string of the molecule is O=S(=O)(CCCl)Nc1ccc(-c2nnnn2C2CC2)cc1. The third-order valence-electron chi connectivity index (χ3n) is 3.15. The lowest BCUT2D eigenvalue weighted by Crippen LogP contribution is -2.17. The van der Waals surface area contributed by atoms with Crippen LogP contribution < -0.4 is 4.72 Å². The molecular formula is C12H14ClN5O2S. The Bertz CT molecular complexity index is 724. The molecule has 0 unspecified atom stereocenters. The summed E-state index contributed by atoms with van der Waals surface area (Å²) in [6.45, 7) is 0. The molecule has 1 aliphatic rings. The molecule has 0 aliphatic heterocycles. The predicted molar refractivity (Wildman–Crippen MR) is 79.7 cm³/mol. The van der Waals surface area contributed by atoms with Crippen LogP contribution in [0, 0.1) is 0 Å². The summed E-state index contributed by atoms with van der Waals surface area (Å²) in [5, 5.41) is 11.7. The minimum Gasteiger partial charge on any atom is -0.284 e. The lowest BCUT2D eigenvalue weighted by atomic mass is 10.2. The Morgan fingerprint density at radius 2 is 2.00 bits per heavy atom. The van der Waals surface area contributed by atoms with Gasteiger partial charge >= 0.3 is 0 Å². The smallest absolute Gasteiger partial charge is 0.233 e. The van der Waals surface area contributed by atoms with E-state index in [1.54, 1.807) is 24.3 Å². The molecule has 1 aromatic heterocycles. The van der Waals surface area contributed by atoms with Gasteiger partial charge in [0.15, 0.2) is 5.82 Å². The quantitative estimate of drug-likeness (QED) is 0.815. The Kier molecular flexibility index (Phi) is 3.81. The van der Waals surface area contributed by atoms with Gasteiger partial charge in [0.05, 0.1) is 11.8 Å². The van der Waals surface area contributed by atoms with E-state index in [9.17, 15) is 8.42 Å². The lowest BCUT2D eigenvalue weighted by molar-refractivity contribution is 0.602. The van der Waals surface area contributed by atoms with Crippen molar-refractivity contribution in [3.05, 3.63) is 24.3 Å². The van der Waals surface area contributed by atoms with Crippen molar-refractivity contribution >= 4 is 27.3 Å². The number of rotatable bonds is 6. The van der Waals surface area contributed by atoms with E-state index in [1.807, 2.05) is 4.68 Å². The Morgan fingerprint density at radius 3 is 2.62 bits per heavy atom. The summed E-state index contributed by atoms with van der Waals surface area (Å²) >= 11 is 5.45. The molecule has 0 atom stereocenters. The maximum atomic E-state index is 11.6. The first-order chi connectivity index (χ1) is 10.1. The van der Waals surface area contributed by atoms with Gasteiger partial charge in [0, 0.05) is 17.1 Å². The van der Waals surface area contributed by atoms with Crippen LogP contribution in [0.25, 0.3) is 11.4 Å². The molecular weight excluding hydrogens is 314 g/mol. The molecule has 1 heterocycles. The van der Waals surface area contributed by atoms with E-state index in [2.05, 4.69) is 20.2 Å². The van der Waals surface area contributed by atoms with Crippen LogP contribution in [0.2, 0.25) is 0 Å². The molecule has 1 fully saturated rings. The monoisotopic (exact) mass is 327 g/mol. The van der Waals surface area contributed by atoms with Crippen molar-refractivity contribution in [3.63, 3.8) is 0 Å². The van der Waals surface area contributed by atoms with E-state index < -0.39 is 10.0 Å². The molecule has 1 aromatic carbocycles. The van der Waals surface area contributed by atoms with Crippen molar-refractivity contribution in [1.29, 1.82) is 0 Å². The zero-order chi connectivity index (χ0) is 14.9.